The Kier molecular flexibility index (Phi) is 4.98. The zero-order chi connectivity index (χ0) is 15.2. The minimum Gasteiger partial charge on any atom is -0.465 e. The van der Waals surface area contributed by atoms with Gasteiger partial charge >= 0.3 is 5.97 Å². The van der Waals surface area contributed by atoms with Crippen LogP contribution in [0.15, 0.2) is 30.6 Å². The maximum absolute atomic E-state index is 11.7. The summed E-state index contributed by atoms with van der Waals surface area (Å²) in [4.78, 5) is 16.1. The van der Waals surface area contributed by atoms with Gasteiger partial charge in [-0.3, -0.25) is 0 Å². The second kappa shape index (κ2) is 6.92. The van der Waals surface area contributed by atoms with E-state index in [1.54, 1.807) is 6.07 Å². The zero-order valence-corrected chi connectivity index (χ0v) is 12.7. The molecule has 0 aliphatic carbocycles. The van der Waals surface area contributed by atoms with Gasteiger partial charge in [-0.25, -0.2) is 9.78 Å². The third kappa shape index (κ3) is 3.42. The maximum atomic E-state index is 11.7. The molecule has 0 aliphatic heterocycles. The first kappa shape index (κ1) is 15.1. The average Bonchev–Trinajstić information content (AvgIpc) is 2.93. The highest BCUT2D eigenvalue weighted by molar-refractivity contribution is 5.92. The molecule has 112 valence electrons. The van der Waals surface area contributed by atoms with Crippen molar-refractivity contribution in [3.05, 3.63) is 47.5 Å². The lowest BCUT2D eigenvalue weighted by Gasteiger charge is -2.13. The van der Waals surface area contributed by atoms with Crippen molar-refractivity contribution in [1.82, 2.24) is 9.55 Å². The van der Waals surface area contributed by atoms with Gasteiger partial charge in [0, 0.05) is 24.6 Å². The number of carbonyl (C=O) groups is 1. The van der Waals surface area contributed by atoms with Gasteiger partial charge < -0.3 is 14.6 Å². The van der Waals surface area contributed by atoms with Gasteiger partial charge in [-0.05, 0) is 31.0 Å². The highest BCUT2D eigenvalue weighted by Crippen LogP contribution is 2.20. The van der Waals surface area contributed by atoms with Gasteiger partial charge in [-0.15, -0.1) is 0 Å². The van der Waals surface area contributed by atoms with Crippen molar-refractivity contribution in [2.24, 2.45) is 0 Å². The molecule has 0 radical (unpaired) electrons. The largest absolute Gasteiger partial charge is 0.465 e. The summed E-state index contributed by atoms with van der Waals surface area (Å²) in [5.74, 6) is 0.670. The third-order valence-electron chi connectivity index (χ3n) is 3.44. The second-order valence-corrected chi connectivity index (χ2v) is 4.86. The fourth-order valence-corrected chi connectivity index (χ4v) is 2.28. The molecule has 0 spiro atoms. The molecular weight excluding hydrogens is 266 g/mol. The molecule has 0 saturated carbocycles. The number of nitrogens with one attached hydrogen (secondary N) is 1. The van der Waals surface area contributed by atoms with E-state index in [-0.39, 0.29) is 5.97 Å². The molecule has 21 heavy (non-hydrogen) atoms. The molecule has 5 heteroatoms. The minimum atomic E-state index is -0.316. The first-order chi connectivity index (χ1) is 10.2. The first-order valence-electron chi connectivity index (χ1n) is 7.09. The molecule has 0 bridgehead atoms. The number of hydrogen-bond donors (Lipinski definition) is 1. The van der Waals surface area contributed by atoms with E-state index in [0.717, 1.165) is 30.0 Å². The molecule has 2 aromatic rings. The number of benzene rings is 1. The van der Waals surface area contributed by atoms with E-state index in [9.17, 15) is 4.79 Å². The standard InChI is InChI=1S/C16H21N3O2/c1-4-9-19-10-8-17-15(19)11-18-14-7-5-6-13(12(14)2)16(20)21-3/h5-8,10,18H,4,9,11H2,1-3H3. The summed E-state index contributed by atoms with van der Waals surface area (Å²) < 4.78 is 6.92. The third-order valence-corrected chi connectivity index (χ3v) is 3.44. The highest BCUT2D eigenvalue weighted by Gasteiger charge is 2.12. The van der Waals surface area contributed by atoms with E-state index in [1.807, 2.05) is 31.5 Å². The molecule has 1 heterocycles. The molecule has 0 saturated heterocycles. The Bertz CT molecular complexity index is 620. The van der Waals surface area contributed by atoms with E-state index in [2.05, 4.69) is 21.8 Å². The topological polar surface area (TPSA) is 56.2 Å². The van der Waals surface area contributed by atoms with Crippen LogP contribution in [0.4, 0.5) is 5.69 Å². The van der Waals surface area contributed by atoms with Gasteiger partial charge in [0.05, 0.1) is 19.2 Å². The van der Waals surface area contributed by atoms with Crippen molar-refractivity contribution in [2.75, 3.05) is 12.4 Å². The van der Waals surface area contributed by atoms with Crippen LogP contribution in [0.25, 0.3) is 0 Å². The fraction of sp³-hybridized carbons (Fsp3) is 0.375. The fourth-order valence-electron chi connectivity index (χ4n) is 2.28. The Morgan fingerprint density at radius 1 is 1.43 bits per heavy atom. The van der Waals surface area contributed by atoms with Crippen LogP contribution in [0.3, 0.4) is 0 Å². The highest BCUT2D eigenvalue weighted by atomic mass is 16.5. The normalized spacial score (nSPS) is 10.4. The number of aromatic nitrogens is 2. The number of anilines is 1. The van der Waals surface area contributed by atoms with Crippen molar-refractivity contribution in [3.63, 3.8) is 0 Å². The Balaban J connectivity index is 2.13. The number of nitrogens with zero attached hydrogens (tertiary/aromatic N) is 2. The number of methoxy groups -OCH3 is 1. The Morgan fingerprint density at radius 3 is 2.95 bits per heavy atom. The van der Waals surface area contributed by atoms with E-state index in [1.165, 1.54) is 7.11 Å². The molecule has 0 aliphatic rings. The molecule has 0 unspecified atom stereocenters. The van der Waals surface area contributed by atoms with Crippen LogP contribution < -0.4 is 5.32 Å². The minimum absolute atomic E-state index is 0.316. The number of aryl methyl sites for hydroxylation is 1. The van der Waals surface area contributed by atoms with Crippen molar-refractivity contribution in [3.8, 4) is 0 Å². The van der Waals surface area contributed by atoms with Gasteiger partial charge in [-0.1, -0.05) is 13.0 Å². The summed E-state index contributed by atoms with van der Waals surface area (Å²) in [5.41, 5.74) is 2.39. The van der Waals surface area contributed by atoms with Crippen molar-refractivity contribution >= 4 is 11.7 Å². The summed E-state index contributed by atoms with van der Waals surface area (Å²) in [6, 6.07) is 5.57. The van der Waals surface area contributed by atoms with E-state index in [0.29, 0.717) is 12.1 Å². The van der Waals surface area contributed by atoms with Crippen LogP contribution >= 0.6 is 0 Å². The van der Waals surface area contributed by atoms with Crippen LogP contribution in [0.2, 0.25) is 0 Å². The van der Waals surface area contributed by atoms with Crippen LogP contribution in [-0.2, 0) is 17.8 Å². The summed E-state index contributed by atoms with van der Waals surface area (Å²) in [7, 11) is 1.39. The monoisotopic (exact) mass is 287 g/mol. The van der Waals surface area contributed by atoms with Crippen LogP contribution in [0.1, 0.15) is 35.1 Å². The lowest BCUT2D eigenvalue weighted by molar-refractivity contribution is 0.0600. The molecule has 0 fully saturated rings. The van der Waals surface area contributed by atoms with Gasteiger partial charge in [-0.2, -0.15) is 0 Å². The zero-order valence-electron chi connectivity index (χ0n) is 12.7. The Morgan fingerprint density at radius 2 is 2.24 bits per heavy atom. The number of rotatable bonds is 6. The summed E-state index contributed by atoms with van der Waals surface area (Å²) in [5, 5.41) is 3.34. The number of esters is 1. The quantitative estimate of drug-likeness (QED) is 0.830. The number of imidazole rings is 1. The molecule has 2 rings (SSSR count). The summed E-state index contributed by atoms with van der Waals surface area (Å²) in [6.45, 7) is 5.63. The molecule has 1 N–H and O–H groups in total. The number of carbonyl (C=O) groups excluding carboxylic acids is 1. The summed E-state index contributed by atoms with van der Waals surface area (Å²) in [6.07, 6.45) is 4.86. The average molecular weight is 287 g/mol. The smallest absolute Gasteiger partial charge is 0.338 e. The molecule has 0 amide bonds. The van der Waals surface area contributed by atoms with Crippen molar-refractivity contribution in [1.29, 1.82) is 0 Å². The van der Waals surface area contributed by atoms with Gasteiger partial charge in [0.25, 0.3) is 0 Å². The maximum Gasteiger partial charge on any atom is 0.338 e. The van der Waals surface area contributed by atoms with Crippen LogP contribution in [-0.4, -0.2) is 22.6 Å². The predicted octanol–water partition coefficient (Wildman–Crippen LogP) is 3.00. The van der Waals surface area contributed by atoms with Crippen molar-refractivity contribution in [2.45, 2.75) is 33.4 Å². The molecular formula is C16H21N3O2. The Labute approximate surface area is 125 Å². The van der Waals surface area contributed by atoms with Gasteiger partial charge in [0.1, 0.15) is 5.82 Å². The van der Waals surface area contributed by atoms with Crippen LogP contribution in [0.5, 0.6) is 0 Å². The van der Waals surface area contributed by atoms with Gasteiger partial charge in [0.15, 0.2) is 0 Å². The molecule has 5 nitrogen and oxygen atoms in total. The SMILES string of the molecule is CCCn1ccnc1CNc1cccc(C(=O)OC)c1C. The van der Waals surface area contributed by atoms with Gasteiger partial charge in [0.2, 0.25) is 0 Å². The van der Waals surface area contributed by atoms with Crippen molar-refractivity contribution < 1.29 is 9.53 Å². The Hall–Kier alpha value is -2.30. The predicted molar refractivity (Wildman–Crippen MR) is 82.4 cm³/mol. The molecule has 0 atom stereocenters. The molecule has 1 aromatic heterocycles. The summed E-state index contributed by atoms with van der Waals surface area (Å²) >= 11 is 0. The first-order valence-corrected chi connectivity index (χ1v) is 7.09. The molecule has 1 aromatic carbocycles. The van der Waals surface area contributed by atoms with E-state index in [4.69, 9.17) is 4.74 Å². The lowest BCUT2D eigenvalue weighted by Crippen LogP contribution is -2.11. The number of hydrogen-bond acceptors (Lipinski definition) is 4. The second-order valence-electron chi connectivity index (χ2n) is 4.86. The van der Waals surface area contributed by atoms with E-state index >= 15 is 0 Å². The lowest BCUT2D eigenvalue weighted by atomic mass is 10.1. The van der Waals surface area contributed by atoms with E-state index < -0.39 is 0 Å². The van der Waals surface area contributed by atoms with Crippen LogP contribution in [0, 0.1) is 6.92 Å². The number of ether oxygens (including phenoxy) is 1.